The van der Waals surface area contributed by atoms with Crippen LogP contribution in [0.2, 0.25) is 0 Å². The second kappa shape index (κ2) is 17.0. The predicted octanol–water partition coefficient (Wildman–Crippen LogP) is 19.0. The van der Waals surface area contributed by atoms with Crippen LogP contribution in [0.15, 0.2) is 241 Å². The minimum atomic E-state index is -0.636. The Labute approximate surface area is 418 Å². The van der Waals surface area contributed by atoms with Gasteiger partial charge >= 0.3 is 0 Å². The van der Waals surface area contributed by atoms with Gasteiger partial charge in [0, 0.05) is 27.6 Å². The first-order valence-electron chi connectivity index (χ1n) is 25.0. The van der Waals surface area contributed by atoms with Crippen LogP contribution in [0.3, 0.4) is 0 Å². The maximum atomic E-state index is 6.65. The van der Waals surface area contributed by atoms with E-state index in [0.717, 1.165) is 66.8 Å². The summed E-state index contributed by atoms with van der Waals surface area (Å²) in [4.78, 5) is 2.54. The molecule has 0 atom stereocenters. The number of rotatable bonds is 8. The lowest BCUT2D eigenvalue weighted by molar-refractivity contribution is 0.585. The molecule has 0 amide bonds. The molecule has 1 aliphatic rings. The van der Waals surface area contributed by atoms with Crippen molar-refractivity contribution in [3.8, 4) is 44.5 Å². The van der Waals surface area contributed by atoms with Crippen LogP contribution in [0.25, 0.3) is 66.4 Å². The van der Waals surface area contributed by atoms with Crippen molar-refractivity contribution < 1.29 is 4.42 Å². The van der Waals surface area contributed by atoms with Crippen LogP contribution in [0.5, 0.6) is 0 Å². The first-order valence-corrected chi connectivity index (χ1v) is 25.0. The zero-order valence-corrected chi connectivity index (χ0v) is 41.4. The number of fused-ring (bicyclic) bond motifs is 6. The monoisotopic (exact) mass is 915 g/mol. The smallest absolute Gasteiger partial charge is 0.136 e. The van der Waals surface area contributed by atoms with E-state index in [4.69, 9.17) is 4.42 Å². The summed E-state index contributed by atoms with van der Waals surface area (Å²) in [5.41, 5.74) is 21.2. The molecule has 0 spiro atoms. The Morgan fingerprint density at radius 2 is 0.887 bits per heavy atom. The van der Waals surface area contributed by atoms with Gasteiger partial charge in [0.05, 0.1) is 16.8 Å². The summed E-state index contributed by atoms with van der Waals surface area (Å²) in [6, 6.07) is 87.7. The third kappa shape index (κ3) is 7.40. The molecule has 0 radical (unpaired) electrons. The number of anilines is 3. The molecule has 2 heteroatoms. The highest BCUT2D eigenvalue weighted by molar-refractivity contribution is 6.08. The lowest BCUT2D eigenvalue weighted by Crippen LogP contribution is -2.30. The lowest BCUT2D eigenvalue weighted by atomic mass is 9.66. The Morgan fingerprint density at radius 1 is 0.352 bits per heavy atom. The molecule has 0 saturated heterocycles. The second-order valence-corrected chi connectivity index (χ2v) is 21.3. The van der Waals surface area contributed by atoms with Gasteiger partial charge in [0.15, 0.2) is 0 Å². The van der Waals surface area contributed by atoms with Crippen LogP contribution < -0.4 is 4.90 Å². The van der Waals surface area contributed by atoms with Crippen molar-refractivity contribution in [2.75, 3.05) is 4.90 Å². The van der Waals surface area contributed by atoms with Crippen LogP contribution in [-0.4, -0.2) is 0 Å². The fourth-order valence-electron chi connectivity index (χ4n) is 11.4. The number of furan rings is 1. The molecule has 0 unspecified atom stereocenters. The molecule has 1 aromatic heterocycles. The van der Waals surface area contributed by atoms with E-state index in [0.29, 0.717) is 0 Å². The summed E-state index contributed by atoms with van der Waals surface area (Å²) in [5, 5.41) is 2.23. The number of nitrogens with zero attached hydrogens (tertiary/aromatic N) is 1. The highest BCUT2D eigenvalue weighted by Gasteiger charge is 2.48. The van der Waals surface area contributed by atoms with Crippen LogP contribution in [0.4, 0.5) is 17.1 Å². The molecule has 1 heterocycles. The molecule has 0 saturated carbocycles. The summed E-state index contributed by atoms with van der Waals surface area (Å²) >= 11 is 0. The molecule has 71 heavy (non-hydrogen) atoms. The highest BCUT2D eigenvalue weighted by atomic mass is 16.3. The van der Waals surface area contributed by atoms with Gasteiger partial charge in [-0.15, -0.1) is 0 Å². The quantitative estimate of drug-likeness (QED) is 0.151. The first kappa shape index (κ1) is 44.0. The fourth-order valence-corrected chi connectivity index (χ4v) is 11.4. The van der Waals surface area contributed by atoms with Gasteiger partial charge in [0.25, 0.3) is 0 Å². The molecular weight excluding hydrogens is 859 g/mol. The average Bonchev–Trinajstić information content (AvgIpc) is 3.93. The molecule has 12 rings (SSSR count). The van der Waals surface area contributed by atoms with Crippen LogP contribution >= 0.6 is 0 Å². The van der Waals surface area contributed by atoms with E-state index in [2.05, 4.69) is 277 Å². The van der Waals surface area contributed by atoms with Crippen molar-refractivity contribution >= 4 is 39.0 Å². The summed E-state index contributed by atoms with van der Waals surface area (Å²) < 4.78 is 6.65. The third-order valence-electron chi connectivity index (χ3n) is 14.9. The van der Waals surface area contributed by atoms with Crippen molar-refractivity contribution in [3.63, 3.8) is 0 Å². The van der Waals surface area contributed by atoms with Crippen molar-refractivity contribution in [2.45, 2.75) is 57.8 Å². The average molecular weight is 916 g/mol. The van der Waals surface area contributed by atoms with Crippen molar-refractivity contribution in [1.82, 2.24) is 0 Å². The zero-order chi connectivity index (χ0) is 48.5. The second-order valence-electron chi connectivity index (χ2n) is 21.3. The number of benzene rings is 10. The maximum absolute atomic E-state index is 6.65. The summed E-state index contributed by atoms with van der Waals surface area (Å²) in [6.07, 6.45) is 0. The van der Waals surface area contributed by atoms with Gasteiger partial charge in [-0.3, -0.25) is 0 Å². The van der Waals surface area contributed by atoms with Crippen LogP contribution in [0, 0.1) is 0 Å². The third-order valence-corrected chi connectivity index (χ3v) is 14.9. The molecule has 1 aliphatic carbocycles. The maximum Gasteiger partial charge on any atom is 0.136 e. The molecule has 11 aromatic rings. The Bertz CT molecular complexity index is 3730. The van der Waals surface area contributed by atoms with Gasteiger partial charge in [-0.2, -0.15) is 0 Å². The number of hydrogen-bond acceptors (Lipinski definition) is 2. The minimum absolute atomic E-state index is 0.0562. The van der Waals surface area contributed by atoms with E-state index in [-0.39, 0.29) is 10.8 Å². The Kier molecular flexibility index (Phi) is 10.6. The van der Waals surface area contributed by atoms with E-state index in [1.54, 1.807) is 0 Å². The van der Waals surface area contributed by atoms with E-state index in [1.807, 2.05) is 6.07 Å². The van der Waals surface area contributed by atoms with E-state index >= 15 is 0 Å². The Hall–Kier alpha value is -8.20. The van der Waals surface area contributed by atoms with Crippen molar-refractivity contribution in [1.29, 1.82) is 0 Å². The van der Waals surface area contributed by atoms with Crippen molar-refractivity contribution in [3.05, 3.63) is 270 Å². The van der Waals surface area contributed by atoms with Gasteiger partial charge < -0.3 is 9.32 Å². The Morgan fingerprint density at radius 3 is 1.59 bits per heavy atom. The SMILES string of the molecule is CC(C)(C)c1cccc(C2(c3cccc(C(C)(C)C)c3)c3ccccc3-c3c(N(c4cccc(-c5ccccc5)c4)c4cccc(-c5ccccc5)c4-c4ccc5c(c4)oc4ccccc45)cccc32)c1. The summed E-state index contributed by atoms with van der Waals surface area (Å²) in [7, 11) is 0. The van der Waals surface area contributed by atoms with E-state index < -0.39 is 5.41 Å². The summed E-state index contributed by atoms with van der Waals surface area (Å²) in [5.74, 6) is 0. The molecule has 0 fully saturated rings. The van der Waals surface area contributed by atoms with E-state index in [1.165, 1.54) is 50.1 Å². The highest BCUT2D eigenvalue weighted by Crippen LogP contribution is 2.61. The minimum Gasteiger partial charge on any atom is -0.456 e. The first-order chi connectivity index (χ1) is 34.5. The predicted molar refractivity (Wildman–Crippen MR) is 299 cm³/mol. The van der Waals surface area contributed by atoms with Crippen molar-refractivity contribution in [2.24, 2.45) is 0 Å². The molecule has 0 bridgehead atoms. The lowest BCUT2D eigenvalue weighted by Gasteiger charge is -2.36. The molecule has 344 valence electrons. The summed E-state index contributed by atoms with van der Waals surface area (Å²) in [6.45, 7) is 13.9. The zero-order valence-electron chi connectivity index (χ0n) is 41.4. The standard InChI is InChI=1S/C69H57NO/c1-67(2,3)50-27-18-29-52(44-50)69(53-30-19-28-51(45-53)68(4,5)6)59-35-15-13-33-58(59)66-60(69)36-21-38-62(66)70(54-31-17-26-48(42-54)46-22-9-7-10-23-46)61-37-20-34-55(47-24-11-8-12-25-47)65(61)49-40-41-57-56-32-14-16-39-63(56)71-64(57)43-49/h7-45H,1-6H3. The Balaban J connectivity index is 1.20. The van der Waals surface area contributed by atoms with Gasteiger partial charge in [-0.05, 0) is 120 Å². The number of hydrogen-bond donors (Lipinski definition) is 0. The topological polar surface area (TPSA) is 16.4 Å². The molecule has 0 aliphatic heterocycles. The van der Waals surface area contributed by atoms with Gasteiger partial charge in [-0.25, -0.2) is 0 Å². The van der Waals surface area contributed by atoms with Gasteiger partial charge in [0.1, 0.15) is 11.2 Å². The normalized spacial score (nSPS) is 13.0. The number of para-hydroxylation sites is 1. The fraction of sp³-hybridized carbons (Fsp3) is 0.130. The largest absolute Gasteiger partial charge is 0.456 e. The van der Waals surface area contributed by atoms with Crippen LogP contribution in [0.1, 0.15) is 74.9 Å². The molecular formula is C69H57NO. The van der Waals surface area contributed by atoms with Gasteiger partial charge in [-0.1, -0.05) is 236 Å². The van der Waals surface area contributed by atoms with Crippen LogP contribution in [-0.2, 0) is 16.2 Å². The molecule has 2 nitrogen and oxygen atoms in total. The van der Waals surface area contributed by atoms with Gasteiger partial charge in [0.2, 0.25) is 0 Å². The van der Waals surface area contributed by atoms with E-state index in [9.17, 15) is 0 Å². The molecule has 10 aromatic carbocycles. The molecule has 0 N–H and O–H groups in total.